The fourth-order valence-electron chi connectivity index (χ4n) is 6.41. The normalized spacial score (nSPS) is 35.3. The van der Waals surface area contributed by atoms with Gasteiger partial charge in [0.15, 0.2) is 11.5 Å². The summed E-state index contributed by atoms with van der Waals surface area (Å²) in [6.45, 7) is 2.07. The SMILES string of the molecule is Oc1ccc2c3c1O[C@H]1CCC[C@H]4[C@H](C2)N(Cc2ccoc2)CC[C@@]314. The molecule has 1 saturated carbocycles. The molecule has 3 heterocycles. The lowest BCUT2D eigenvalue weighted by molar-refractivity contribution is -0.0547. The third kappa shape index (κ3) is 1.71. The first-order chi connectivity index (χ1) is 12.3. The van der Waals surface area contributed by atoms with Crippen LogP contribution in [0.3, 0.4) is 0 Å². The molecule has 1 saturated heterocycles. The van der Waals surface area contributed by atoms with Crippen LogP contribution in [0.25, 0.3) is 0 Å². The highest BCUT2D eigenvalue weighted by molar-refractivity contribution is 5.60. The van der Waals surface area contributed by atoms with Crippen molar-refractivity contribution in [2.24, 2.45) is 5.92 Å². The van der Waals surface area contributed by atoms with Gasteiger partial charge >= 0.3 is 0 Å². The Bertz CT molecular complexity index is 830. The van der Waals surface area contributed by atoms with Crippen LogP contribution in [0.2, 0.25) is 0 Å². The molecular weight excluding hydrogens is 314 g/mol. The summed E-state index contributed by atoms with van der Waals surface area (Å²) in [6.07, 6.45) is 9.75. The van der Waals surface area contributed by atoms with E-state index in [1.54, 1.807) is 6.26 Å². The number of furan rings is 1. The number of hydrogen-bond acceptors (Lipinski definition) is 4. The molecule has 2 fully saturated rings. The molecule has 0 unspecified atom stereocenters. The van der Waals surface area contributed by atoms with Gasteiger partial charge in [0.05, 0.1) is 12.5 Å². The number of aromatic hydroxyl groups is 1. The first kappa shape index (κ1) is 14.3. The highest BCUT2D eigenvalue weighted by Gasteiger charge is 2.63. The lowest BCUT2D eigenvalue weighted by atomic mass is 9.52. The Morgan fingerprint density at radius 3 is 3.08 bits per heavy atom. The van der Waals surface area contributed by atoms with Crippen LogP contribution in [0.15, 0.2) is 35.1 Å². The summed E-state index contributed by atoms with van der Waals surface area (Å²) in [5.41, 5.74) is 4.16. The van der Waals surface area contributed by atoms with Crippen LogP contribution < -0.4 is 4.74 Å². The van der Waals surface area contributed by atoms with Gasteiger partial charge in [-0.3, -0.25) is 4.90 Å². The molecule has 0 radical (unpaired) electrons. The second-order valence-corrected chi connectivity index (χ2v) is 8.26. The van der Waals surface area contributed by atoms with E-state index in [1.807, 2.05) is 12.3 Å². The zero-order valence-electron chi connectivity index (χ0n) is 14.3. The average Bonchev–Trinajstić information content (AvgIpc) is 3.24. The smallest absolute Gasteiger partial charge is 0.165 e. The molecule has 4 nitrogen and oxygen atoms in total. The third-order valence-corrected chi connectivity index (χ3v) is 7.31. The zero-order valence-corrected chi connectivity index (χ0v) is 14.3. The summed E-state index contributed by atoms with van der Waals surface area (Å²) in [5.74, 6) is 1.78. The summed E-state index contributed by atoms with van der Waals surface area (Å²) in [7, 11) is 0. The molecule has 2 aliphatic heterocycles. The van der Waals surface area contributed by atoms with E-state index in [2.05, 4.69) is 17.0 Å². The second-order valence-electron chi connectivity index (χ2n) is 8.26. The molecule has 4 heteroatoms. The van der Waals surface area contributed by atoms with E-state index in [4.69, 9.17) is 9.15 Å². The number of ether oxygens (including phenoxy) is 1. The average molecular weight is 337 g/mol. The van der Waals surface area contributed by atoms with Crippen molar-refractivity contribution in [3.05, 3.63) is 47.4 Å². The summed E-state index contributed by atoms with van der Waals surface area (Å²) in [4.78, 5) is 2.66. The number of rotatable bonds is 2. The van der Waals surface area contributed by atoms with Crippen molar-refractivity contribution in [3.8, 4) is 11.5 Å². The van der Waals surface area contributed by atoms with Crippen molar-refractivity contribution in [2.45, 2.75) is 56.2 Å². The van der Waals surface area contributed by atoms with E-state index < -0.39 is 0 Å². The standard InChI is InChI=1S/C21H23NO3/c23-17-5-4-14-10-16-15-2-1-3-18-21(15,19(14)20(17)25-18)7-8-22(16)11-13-6-9-24-12-13/h4-6,9,12,15-16,18,23H,1-3,7-8,10-11H2/t15-,16-,18-,21-/m0/s1. The van der Waals surface area contributed by atoms with Crippen LogP contribution in [0.1, 0.15) is 42.4 Å². The van der Waals surface area contributed by atoms with Crippen molar-refractivity contribution < 1.29 is 14.3 Å². The molecule has 4 aliphatic rings. The van der Waals surface area contributed by atoms with Gasteiger partial charge in [-0.05, 0) is 62.3 Å². The van der Waals surface area contributed by atoms with Crippen LogP contribution in [0.4, 0.5) is 0 Å². The van der Waals surface area contributed by atoms with Gasteiger partial charge in [0, 0.05) is 29.1 Å². The monoisotopic (exact) mass is 337 g/mol. The lowest BCUT2D eigenvalue weighted by Crippen LogP contribution is -2.63. The van der Waals surface area contributed by atoms with Crippen LogP contribution in [-0.4, -0.2) is 28.7 Å². The fourth-order valence-corrected chi connectivity index (χ4v) is 6.41. The number of benzene rings is 1. The Labute approximate surface area is 147 Å². The number of likely N-dealkylation sites (tertiary alicyclic amines) is 1. The van der Waals surface area contributed by atoms with Crippen LogP contribution in [0.5, 0.6) is 11.5 Å². The quantitative estimate of drug-likeness (QED) is 0.909. The lowest BCUT2D eigenvalue weighted by Gasteiger charge is -2.58. The number of piperidine rings is 1. The molecule has 1 N–H and O–H groups in total. The van der Waals surface area contributed by atoms with Gasteiger partial charge in [0.2, 0.25) is 0 Å². The van der Waals surface area contributed by atoms with Crippen LogP contribution >= 0.6 is 0 Å². The van der Waals surface area contributed by atoms with Gasteiger partial charge in [0.25, 0.3) is 0 Å². The fraction of sp³-hybridized carbons (Fsp3) is 0.524. The molecule has 2 aromatic rings. The molecule has 2 bridgehead atoms. The molecule has 1 aromatic heterocycles. The minimum atomic E-state index is 0.136. The number of hydrogen-bond donors (Lipinski definition) is 1. The van der Waals surface area contributed by atoms with Crippen molar-refractivity contribution in [3.63, 3.8) is 0 Å². The van der Waals surface area contributed by atoms with E-state index in [1.165, 1.54) is 29.5 Å². The maximum atomic E-state index is 10.4. The van der Waals surface area contributed by atoms with Crippen molar-refractivity contribution in [1.82, 2.24) is 4.90 Å². The zero-order chi connectivity index (χ0) is 16.6. The minimum Gasteiger partial charge on any atom is -0.504 e. The van der Waals surface area contributed by atoms with Gasteiger partial charge in [-0.25, -0.2) is 0 Å². The minimum absolute atomic E-state index is 0.136. The maximum absolute atomic E-state index is 10.4. The molecule has 130 valence electrons. The topological polar surface area (TPSA) is 45.8 Å². The summed E-state index contributed by atoms with van der Waals surface area (Å²) >= 11 is 0. The third-order valence-electron chi connectivity index (χ3n) is 7.31. The molecular formula is C21H23NO3. The van der Waals surface area contributed by atoms with Gasteiger partial charge in [-0.1, -0.05) is 6.07 Å². The second kappa shape index (κ2) is 4.82. The summed E-state index contributed by atoms with van der Waals surface area (Å²) < 4.78 is 11.7. The Balaban J connectivity index is 1.48. The molecule has 2 aliphatic carbocycles. The first-order valence-electron chi connectivity index (χ1n) is 9.54. The number of phenolic OH excluding ortho intramolecular Hbond substituents is 1. The number of phenols is 1. The summed E-state index contributed by atoms with van der Waals surface area (Å²) in [5, 5.41) is 10.4. The van der Waals surface area contributed by atoms with Crippen LogP contribution in [0, 0.1) is 5.92 Å². The molecule has 4 atom stereocenters. The first-order valence-corrected chi connectivity index (χ1v) is 9.54. The van der Waals surface area contributed by atoms with E-state index in [0.717, 1.165) is 38.1 Å². The van der Waals surface area contributed by atoms with Gasteiger partial charge in [-0.15, -0.1) is 0 Å². The molecule has 25 heavy (non-hydrogen) atoms. The van der Waals surface area contributed by atoms with Crippen LogP contribution in [-0.2, 0) is 18.4 Å². The van der Waals surface area contributed by atoms with E-state index in [-0.39, 0.29) is 11.5 Å². The molecule has 6 rings (SSSR count). The highest BCUT2D eigenvalue weighted by atomic mass is 16.5. The van der Waals surface area contributed by atoms with Crippen molar-refractivity contribution >= 4 is 0 Å². The molecule has 1 aromatic carbocycles. The predicted molar refractivity (Wildman–Crippen MR) is 92.8 cm³/mol. The van der Waals surface area contributed by atoms with Crippen molar-refractivity contribution in [1.29, 1.82) is 0 Å². The largest absolute Gasteiger partial charge is 0.504 e. The Kier molecular flexibility index (Phi) is 2.75. The Hall–Kier alpha value is -1.94. The van der Waals surface area contributed by atoms with Crippen molar-refractivity contribution in [2.75, 3.05) is 6.54 Å². The predicted octanol–water partition coefficient (Wildman–Crippen LogP) is 3.61. The van der Waals surface area contributed by atoms with E-state index in [0.29, 0.717) is 17.7 Å². The van der Waals surface area contributed by atoms with E-state index in [9.17, 15) is 5.11 Å². The maximum Gasteiger partial charge on any atom is 0.165 e. The van der Waals surface area contributed by atoms with Gasteiger partial charge < -0.3 is 14.3 Å². The number of nitrogens with zero attached hydrogens (tertiary/aromatic N) is 1. The molecule has 0 amide bonds. The van der Waals surface area contributed by atoms with Gasteiger partial charge in [0.1, 0.15) is 6.10 Å². The van der Waals surface area contributed by atoms with Gasteiger partial charge in [-0.2, -0.15) is 0 Å². The summed E-state index contributed by atoms with van der Waals surface area (Å²) in [6, 6.07) is 6.62. The Morgan fingerprint density at radius 2 is 2.20 bits per heavy atom. The molecule has 1 spiro atoms. The highest BCUT2D eigenvalue weighted by Crippen LogP contribution is 2.63. The Morgan fingerprint density at radius 1 is 1.24 bits per heavy atom. The van der Waals surface area contributed by atoms with E-state index >= 15 is 0 Å².